The van der Waals surface area contributed by atoms with Gasteiger partial charge in [0.05, 0.1) is 11.3 Å². The molecule has 1 saturated carbocycles. The second-order valence-corrected chi connectivity index (χ2v) is 6.31. The molecule has 6 heteroatoms. The number of piperidine rings is 1. The van der Waals surface area contributed by atoms with E-state index in [0.29, 0.717) is 25.9 Å². The van der Waals surface area contributed by atoms with Crippen LogP contribution in [0.15, 0.2) is 4.99 Å². The van der Waals surface area contributed by atoms with Gasteiger partial charge in [0.2, 0.25) is 16.1 Å². The minimum Gasteiger partial charge on any atom is -0.212 e. The van der Waals surface area contributed by atoms with Crippen LogP contribution in [0, 0.1) is 0 Å². The van der Waals surface area contributed by atoms with Gasteiger partial charge >= 0.3 is 0 Å². The third-order valence-electron chi connectivity index (χ3n) is 2.96. The molecule has 1 saturated heterocycles. The summed E-state index contributed by atoms with van der Waals surface area (Å²) in [7, 11) is -3.03. The van der Waals surface area contributed by atoms with Gasteiger partial charge in [-0.1, -0.05) is 0 Å². The first-order chi connectivity index (χ1) is 7.14. The third-order valence-corrected chi connectivity index (χ3v) is 5.36. The van der Waals surface area contributed by atoms with E-state index in [9.17, 15) is 13.2 Å². The minimum absolute atomic E-state index is 0.0341. The number of carbonyl (C=O) groups excluding carboxylic acids is 1. The molecule has 2 rings (SSSR count). The molecule has 0 atom stereocenters. The summed E-state index contributed by atoms with van der Waals surface area (Å²) in [5.74, 6) is 0. The summed E-state index contributed by atoms with van der Waals surface area (Å²) in [4.78, 5) is 13.7. The molecule has 0 unspecified atom stereocenters. The highest BCUT2D eigenvalue weighted by Gasteiger charge is 2.41. The van der Waals surface area contributed by atoms with E-state index in [1.54, 1.807) is 4.31 Å². The summed E-state index contributed by atoms with van der Waals surface area (Å²) >= 11 is 0. The van der Waals surface area contributed by atoms with Gasteiger partial charge in [-0.15, -0.1) is 0 Å². The standard InChI is InChI=1S/C9H14N2O3S/c12-7-10-8-3-5-11(6-4-8)15(13,14)9-1-2-9/h8-9H,1-6H2. The molecule has 0 amide bonds. The topological polar surface area (TPSA) is 66.8 Å². The number of aliphatic imine (C=N–C) groups is 1. The van der Waals surface area contributed by atoms with Crippen LogP contribution in [0.3, 0.4) is 0 Å². The summed E-state index contributed by atoms with van der Waals surface area (Å²) in [6.07, 6.45) is 4.41. The monoisotopic (exact) mass is 230 g/mol. The number of rotatable bonds is 3. The van der Waals surface area contributed by atoms with Gasteiger partial charge in [0.1, 0.15) is 0 Å². The van der Waals surface area contributed by atoms with E-state index in [-0.39, 0.29) is 11.3 Å². The first-order valence-corrected chi connectivity index (χ1v) is 6.71. The molecule has 0 radical (unpaired) electrons. The van der Waals surface area contributed by atoms with E-state index >= 15 is 0 Å². The van der Waals surface area contributed by atoms with Crippen LogP contribution in [-0.2, 0) is 14.8 Å². The van der Waals surface area contributed by atoms with Gasteiger partial charge in [-0.3, -0.25) is 0 Å². The number of isocyanates is 1. The van der Waals surface area contributed by atoms with Crippen LogP contribution < -0.4 is 0 Å². The summed E-state index contributed by atoms with van der Waals surface area (Å²) in [6.45, 7) is 0.989. The number of sulfonamides is 1. The molecule has 2 fully saturated rings. The lowest BCUT2D eigenvalue weighted by Crippen LogP contribution is -2.41. The predicted molar refractivity (Wildman–Crippen MR) is 54.7 cm³/mol. The molecule has 0 aromatic carbocycles. The van der Waals surface area contributed by atoms with Crippen LogP contribution in [-0.4, -0.2) is 43.2 Å². The Morgan fingerprint density at radius 1 is 1.13 bits per heavy atom. The summed E-state index contributed by atoms with van der Waals surface area (Å²) in [5, 5.41) is -0.136. The van der Waals surface area contributed by atoms with Gasteiger partial charge in [0.25, 0.3) is 0 Å². The van der Waals surface area contributed by atoms with E-state index in [0.717, 1.165) is 12.8 Å². The van der Waals surface area contributed by atoms with Gasteiger partial charge < -0.3 is 0 Å². The van der Waals surface area contributed by atoms with Gasteiger partial charge in [-0.05, 0) is 25.7 Å². The molecule has 1 aliphatic carbocycles. The molecule has 1 aliphatic heterocycles. The lowest BCUT2D eigenvalue weighted by atomic mass is 10.1. The zero-order valence-electron chi connectivity index (χ0n) is 8.42. The van der Waals surface area contributed by atoms with Gasteiger partial charge in [-0.25, -0.2) is 22.5 Å². The molecule has 1 heterocycles. The van der Waals surface area contributed by atoms with E-state index in [1.807, 2.05) is 0 Å². The van der Waals surface area contributed by atoms with Crippen molar-refractivity contribution >= 4 is 16.1 Å². The Morgan fingerprint density at radius 3 is 2.20 bits per heavy atom. The molecule has 84 valence electrons. The highest BCUT2D eigenvalue weighted by Crippen LogP contribution is 2.32. The fraction of sp³-hybridized carbons (Fsp3) is 0.889. The number of hydrogen-bond donors (Lipinski definition) is 0. The second-order valence-electron chi connectivity index (χ2n) is 4.09. The average molecular weight is 230 g/mol. The first-order valence-electron chi connectivity index (χ1n) is 5.20. The third kappa shape index (κ3) is 2.27. The molecule has 15 heavy (non-hydrogen) atoms. The van der Waals surface area contributed by atoms with Crippen molar-refractivity contribution in [2.75, 3.05) is 13.1 Å². The highest BCUT2D eigenvalue weighted by molar-refractivity contribution is 7.90. The van der Waals surface area contributed by atoms with Crippen molar-refractivity contribution in [3.63, 3.8) is 0 Å². The molecule has 0 aromatic rings. The second kappa shape index (κ2) is 4.04. The molecule has 2 aliphatic rings. The van der Waals surface area contributed by atoms with Crippen molar-refractivity contribution in [1.82, 2.24) is 4.31 Å². The van der Waals surface area contributed by atoms with Crippen LogP contribution in [0.1, 0.15) is 25.7 Å². The Hall–Kier alpha value is -0.710. The molecule has 0 aromatic heterocycles. The molecular formula is C9H14N2O3S. The van der Waals surface area contributed by atoms with Crippen molar-refractivity contribution in [3.05, 3.63) is 0 Å². The minimum atomic E-state index is -3.03. The maximum absolute atomic E-state index is 11.8. The van der Waals surface area contributed by atoms with E-state index in [1.165, 1.54) is 6.08 Å². The molecule has 5 nitrogen and oxygen atoms in total. The Labute approximate surface area is 89.2 Å². The molecule has 0 N–H and O–H groups in total. The lowest BCUT2D eigenvalue weighted by Gasteiger charge is -2.28. The van der Waals surface area contributed by atoms with Crippen LogP contribution in [0.5, 0.6) is 0 Å². The van der Waals surface area contributed by atoms with Gasteiger partial charge in [0, 0.05) is 13.1 Å². The SMILES string of the molecule is O=C=NC1CCN(S(=O)(=O)C2CC2)CC1. The van der Waals surface area contributed by atoms with E-state index < -0.39 is 10.0 Å². The maximum Gasteiger partial charge on any atom is 0.235 e. The predicted octanol–water partition coefficient (Wildman–Crippen LogP) is 0.279. The number of nitrogens with zero attached hydrogens (tertiary/aromatic N) is 2. The van der Waals surface area contributed by atoms with Crippen molar-refractivity contribution in [2.24, 2.45) is 4.99 Å². The lowest BCUT2D eigenvalue weighted by molar-refractivity contribution is 0.320. The fourth-order valence-corrected chi connectivity index (χ4v) is 3.75. The van der Waals surface area contributed by atoms with E-state index in [2.05, 4.69) is 4.99 Å². The Balaban J connectivity index is 1.95. The average Bonchev–Trinajstić information content (AvgIpc) is 3.02. The Kier molecular flexibility index (Phi) is 2.91. The number of hydrogen-bond acceptors (Lipinski definition) is 4. The summed E-state index contributed by atoms with van der Waals surface area (Å²) in [5.41, 5.74) is 0. The van der Waals surface area contributed by atoms with Gasteiger partial charge in [0.15, 0.2) is 0 Å². The largest absolute Gasteiger partial charge is 0.235 e. The van der Waals surface area contributed by atoms with Crippen LogP contribution >= 0.6 is 0 Å². The van der Waals surface area contributed by atoms with Gasteiger partial charge in [-0.2, -0.15) is 0 Å². The van der Waals surface area contributed by atoms with Crippen molar-refractivity contribution in [1.29, 1.82) is 0 Å². The molecule has 0 spiro atoms. The zero-order valence-corrected chi connectivity index (χ0v) is 9.24. The molecule has 0 bridgehead atoms. The quantitative estimate of drug-likeness (QED) is 0.516. The highest BCUT2D eigenvalue weighted by atomic mass is 32.2. The van der Waals surface area contributed by atoms with Crippen LogP contribution in [0.25, 0.3) is 0 Å². The van der Waals surface area contributed by atoms with Crippen molar-refractivity contribution in [2.45, 2.75) is 37.0 Å². The van der Waals surface area contributed by atoms with Crippen molar-refractivity contribution in [3.8, 4) is 0 Å². The maximum atomic E-state index is 11.8. The summed E-state index contributed by atoms with van der Waals surface area (Å²) < 4.78 is 25.2. The van der Waals surface area contributed by atoms with E-state index in [4.69, 9.17) is 0 Å². The Morgan fingerprint density at radius 2 is 1.73 bits per heavy atom. The zero-order chi connectivity index (χ0) is 10.9. The van der Waals surface area contributed by atoms with Crippen LogP contribution in [0.4, 0.5) is 0 Å². The van der Waals surface area contributed by atoms with Crippen LogP contribution in [0.2, 0.25) is 0 Å². The normalized spacial score (nSPS) is 24.8. The fourth-order valence-electron chi connectivity index (χ4n) is 1.88. The van der Waals surface area contributed by atoms with Crippen molar-refractivity contribution < 1.29 is 13.2 Å². The summed E-state index contributed by atoms with van der Waals surface area (Å²) in [6, 6.07) is -0.0341. The first kappa shape index (κ1) is 10.8. The molecular weight excluding hydrogens is 216 g/mol. The smallest absolute Gasteiger partial charge is 0.212 e. The Bertz CT molecular complexity index is 374.